The number of carbonyl (C=O) groups excluding carboxylic acids is 2. The molecule has 4 atom stereocenters. The van der Waals surface area contributed by atoms with Gasteiger partial charge in [-0.2, -0.15) is 10.1 Å². The fourth-order valence-electron chi connectivity index (χ4n) is 4.61. The second-order valence-electron chi connectivity index (χ2n) is 7.80. The Bertz CT molecular complexity index is 1070. The van der Waals surface area contributed by atoms with Crippen molar-refractivity contribution < 1.29 is 14.3 Å². The third-order valence-corrected chi connectivity index (χ3v) is 7.05. The highest BCUT2D eigenvalue weighted by molar-refractivity contribution is 9.10. The van der Waals surface area contributed by atoms with Gasteiger partial charge in [-0.25, -0.2) is 0 Å². The molecule has 1 heterocycles. The predicted molar refractivity (Wildman–Crippen MR) is 117 cm³/mol. The summed E-state index contributed by atoms with van der Waals surface area (Å²) in [7, 11) is 0. The number of ether oxygens (including phenoxy) is 1. The van der Waals surface area contributed by atoms with E-state index in [1.165, 1.54) is 6.21 Å². The van der Waals surface area contributed by atoms with Gasteiger partial charge in [0, 0.05) is 10.6 Å². The zero-order chi connectivity index (χ0) is 20.8. The number of amides is 2. The minimum Gasteiger partial charge on any atom is -0.488 e. The minimum absolute atomic E-state index is 0.181. The molecule has 1 aliphatic heterocycles. The molecule has 152 valence electrons. The van der Waals surface area contributed by atoms with Crippen LogP contribution in [0.25, 0.3) is 0 Å². The molecule has 7 heteroatoms. The lowest BCUT2D eigenvalue weighted by Crippen LogP contribution is -2.28. The van der Waals surface area contributed by atoms with Crippen LogP contribution in [-0.2, 0) is 16.2 Å². The standard InChI is InChI=1S/C23H18BrClN2O3/c24-17-9-13(5-8-19(17)30-12-16-3-1-2-4-18(16)25)11-26-27-22(28)20-14-6-7-15(10-14)21(20)23(27)29/h1-9,11,14-15,20-21H,10,12H2/b26-11-/t14-,15-,20-,21+/m0/s1. The Morgan fingerprint density at radius 1 is 1.10 bits per heavy atom. The van der Waals surface area contributed by atoms with E-state index in [2.05, 4.69) is 33.2 Å². The van der Waals surface area contributed by atoms with Crippen LogP contribution in [0.2, 0.25) is 5.02 Å². The third kappa shape index (κ3) is 3.28. The van der Waals surface area contributed by atoms with Crippen molar-refractivity contribution in [2.24, 2.45) is 28.8 Å². The molecule has 0 aromatic heterocycles. The molecule has 0 radical (unpaired) electrons. The molecule has 0 N–H and O–H groups in total. The van der Waals surface area contributed by atoms with E-state index in [0.29, 0.717) is 17.4 Å². The van der Waals surface area contributed by atoms with Gasteiger partial charge in [0.2, 0.25) is 0 Å². The number of rotatable bonds is 5. The molecule has 30 heavy (non-hydrogen) atoms. The van der Waals surface area contributed by atoms with Crippen molar-refractivity contribution in [2.75, 3.05) is 0 Å². The van der Waals surface area contributed by atoms with Crippen molar-refractivity contribution in [3.8, 4) is 5.75 Å². The van der Waals surface area contributed by atoms with Crippen LogP contribution < -0.4 is 4.74 Å². The van der Waals surface area contributed by atoms with E-state index in [0.717, 1.165) is 27.0 Å². The maximum absolute atomic E-state index is 12.7. The Morgan fingerprint density at radius 3 is 2.47 bits per heavy atom. The van der Waals surface area contributed by atoms with Gasteiger partial charge < -0.3 is 4.74 Å². The van der Waals surface area contributed by atoms with Crippen LogP contribution in [-0.4, -0.2) is 23.0 Å². The molecule has 1 saturated carbocycles. The molecule has 5 rings (SSSR count). The highest BCUT2D eigenvalue weighted by Gasteiger charge is 2.59. The molecule has 3 aliphatic rings. The zero-order valence-corrected chi connectivity index (χ0v) is 18.2. The molecule has 0 spiro atoms. The fourth-order valence-corrected chi connectivity index (χ4v) is 5.31. The summed E-state index contributed by atoms with van der Waals surface area (Å²) in [6, 6.07) is 13.0. The van der Waals surface area contributed by atoms with Crippen LogP contribution in [0, 0.1) is 23.7 Å². The van der Waals surface area contributed by atoms with Crippen molar-refractivity contribution in [3.05, 3.63) is 75.2 Å². The molecule has 1 saturated heterocycles. The number of carbonyl (C=O) groups is 2. The first kappa shape index (κ1) is 19.5. The monoisotopic (exact) mass is 484 g/mol. The van der Waals surface area contributed by atoms with Gasteiger partial charge in [-0.15, -0.1) is 0 Å². The molecule has 5 nitrogen and oxygen atoms in total. The number of hydrazone groups is 1. The highest BCUT2D eigenvalue weighted by Crippen LogP contribution is 2.52. The fraction of sp³-hybridized carbons (Fsp3) is 0.261. The van der Waals surface area contributed by atoms with Crippen LogP contribution in [0.4, 0.5) is 0 Å². The molecule has 0 unspecified atom stereocenters. The van der Waals surface area contributed by atoms with Gasteiger partial charge >= 0.3 is 0 Å². The summed E-state index contributed by atoms with van der Waals surface area (Å²) < 4.78 is 6.60. The quantitative estimate of drug-likeness (QED) is 0.346. The van der Waals surface area contributed by atoms with Crippen molar-refractivity contribution >= 4 is 45.6 Å². The summed E-state index contributed by atoms with van der Waals surface area (Å²) >= 11 is 9.67. The lowest BCUT2D eigenvalue weighted by molar-refractivity contribution is -0.140. The van der Waals surface area contributed by atoms with E-state index in [-0.39, 0.29) is 35.5 Å². The Morgan fingerprint density at radius 2 is 1.80 bits per heavy atom. The van der Waals surface area contributed by atoms with Crippen molar-refractivity contribution in [3.63, 3.8) is 0 Å². The average Bonchev–Trinajstić information content (AvgIpc) is 3.41. The maximum Gasteiger partial charge on any atom is 0.254 e. The Labute approximate surface area is 187 Å². The van der Waals surface area contributed by atoms with E-state index in [9.17, 15) is 9.59 Å². The summed E-state index contributed by atoms with van der Waals surface area (Å²) in [5.41, 5.74) is 1.66. The first-order chi connectivity index (χ1) is 14.5. The zero-order valence-electron chi connectivity index (χ0n) is 15.9. The minimum atomic E-state index is -0.239. The van der Waals surface area contributed by atoms with Crippen LogP contribution >= 0.6 is 27.5 Å². The van der Waals surface area contributed by atoms with Gasteiger partial charge in [-0.05, 0) is 64.0 Å². The van der Waals surface area contributed by atoms with Crippen LogP contribution in [0.1, 0.15) is 17.5 Å². The smallest absolute Gasteiger partial charge is 0.254 e. The van der Waals surface area contributed by atoms with Gasteiger partial charge in [-0.1, -0.05) is 42.0 Å². The molecule has 2 bridgehead atoms. The third-order valence-electron chi connectivity index (χ3n) is 6.07. The molecule has 2 aromatic rings. The number of nitrogens with zero attached hydrogens (tertiary/aromatic N) is 2. The number of benzene rings is 2. The molecule has 2 aromatic carbocycles. The SMILES string of the molecule is O=C1[C@@H]2[C@H](C(=O)N1/N=C\c1ccc(OCc3ccccc3Cl)c(Br)c1)[C@H]1C=C[C@H]2C1. The summed E-state index contributed by atoms with van der Waals surface area (Å²) in [6.07, 6.45) is 6.59. The van der Waals surface area contributed by atoms with Gasteiger partial charge in [0.05, 0.1) is 22.5 Å². The Hall–Kier alpha value is -2.44. The summed E-state index contributed by atoms with van der Waals surface area (Å²) in [5.74, 6) is 0.181. The van der Waals surface area contributed by atoms with E-state index in [4.69, 9.17) is 16.3 Å². The topological polar surface area (TPSA) is 59.0 Å². The van der Waals surface area contributed by atoms with Gasteiger partial charge in [0.1, 0.15) is 12.4 Å². The van der Waals surface area contributed by atoms with E-state index in [1.54, 1.807) is 0 Å². The molecule has 2 amide bonds. The van der Waals surface area contributed by atoms with Gasteiger partial charge in [0.25, 0.3) is 11.8 Å². The number of hydrogen-bond donors (Lipinski definition) is 0. The summed E-state index contributed by atoms with van der Waals surface area (Å²) in [6.45, 7) is 0.349. The normalized spacial score (nSPS) is 26.8. The second kappa shape index (κ2) is 7.67. The van der Waals surface area contributed by atoms with Crippen LogP contribution in [0.15, 0.2) is 64.2 Å². The number of allylic oxidation sites excluding steroid dienone is 2. The van der Waals surface area contributed by atoms with Crippen molar-refractivity contribution in [2.45, 2.75) is 13.0 Å². The lowest BCUT2D eigenvalue weighted by atomic mass is 9.85. The van der Waals surface area contributed by atoms with Gasteiger partial charge in [0.15, 0.2) is 0 Å². The summed E-state index contributed by atoms with van der Waals surface area (Å²) in [4.78, 5) is 25.4. The van der Waals surface area contributed by atoms with E-state index >= 15 is 0 Å². The van der Waals surface area contributed by atoms with Crippen LogP contribution in [0.5, 0.6) is 5.75 Å². The van der Waals surface area contributed by atoms with Crippen molar-refractivity contribution in [1.82, 2.24) is 5.01 Å². The highest BCUT2D eigenvalue weighted by atomic mass is 79.9. The number of fused-ring (bicyclic) bond motifs is 5. The first-order valence-electron chi connectivity index (χ1n) is 9.79. The molecule has 2 aliphatic carbocycles. The molecular formula is C23H18BrClN2O3. The van der Waals surface area contributed by atoms with Crippen LogP contribution in [0.3, 0.4) is 0 Å². The number of hydrogen-bond acceptors (Lipinski definition) is 4. The predicted octanol–water partition coefficient (Wildman–Crippen LogP) is 4.82. The van der Waals surface area contributed by atoms with E-state index in [1.807, 2.05) is 42.5 Å². The van der Waals surface area contributed by atoms with Gasteiger partial charge in [-0.3, -0.25) is 9.59 Å². The maximum atomic E-state index is 12.7. The molecular weight excluding hydrogens is 468 g/mol. The largest absolute Gasteiger partial charge is 0.488 e. The van der Waals surface area contributed by atoms with Crippen molar-refractivity contribution in [1.29, 1.82) is 0 Å². The Balaban J connectivity index is 1.27. The first-order valence-corrected chi connectivity index (χ1v) is 11.0. The summed E-state index contributed by atoms with van der Waals surface area (Å²) in [5, 5.41) is 5.92. The average molecular weight is 486 g/mol. The second-order valence-corrected chi connectivity index (χ2v) is 9.06. The molecule has 2 fully saturated rings. The van der Waals surface area contributed by atoms with E-state index < -0.39 is 0 Å². The Kier molecular flexibility index (Phi) is 4.99. The number of imide groups is 1. The number of halogens is 2. The lowest BCUT2D eigenvalue weighted by Gasteiger charge is -2.13.